The van der Waals surface area contributed by atoms with Crippen LogP contribution < -0.4 is 5.32 Å². The number of nitrogens with one attached hydrogen (secondary N) is 1. The van der Waals surface area contributed by atoms with Crippen molar-refractivity contribution in [2.75, 3.05) is 6.54 Å². The minimum Gasteiger partial charge on any atom is -0.308 e. The Labute approximate surface area is 90.8 Å². The molecule has 1 aromatic rings. The van der Waals surface area contributed by atoms with Crippen molar-refractivity contribution in [1.29, 1.82) is 0 Å². The number of hydrogen-bond donors (Lipinski definition) is 1. The van der Waals surface area contributed by atoms with E-state index in [1.807, 2.05) is 11.6 Å². The molecule has 1 atom stereocenters. The van der Waals surface area contributed by atoms with Crippen molar-refractivity contribution < 1.29 is 0 Å². The Morgan fingerprint density at radius 1 is 1.43 bits per heavy atom. The topological polar surface area (TPSA) is 24.9 Å². The van der Waals surface area contributed by atoms with Crippen molar-refractivity contribution in [2.45, 2.75) is 39.7 Å². The highest BCUT2D eigenvalue weighted by molar-refractivity contribution is 7.09. The van der Waals surface area contributed by atoms with E-state index >= 15 is 0 Å². The zero-order chi connectivity index (χ0) is 10.4. The fourth-order valence-corrected chi connectivity index (χ4v) is 2.13. The summed E-state index contributed by atoms with van der Waals surface area (Å²) in [6.45, 7) is 7.79. The molecule has 2 nitrogen and oxygen atoms in total. The summed E-state index contributed by atoms with van der Waals surface area (Å²) in [5.41, 5.74) is 0. The molecule has 1 rings (SSSR count). The van der Waals surface area contributed by atoms with Crippen LogP contribution in [0.3, 0.4) is 0 Å². The van der Waals surface area contributed by atoms with Crippen LogP contribution in [0.2, 0.25) is 0 Å². The lowest BCUT2D eigenvalue weighted by Crippen LogP contribution is -2.25. The fourth-order valence-electron chi connectivity index (χ4n) is 1.46. The lowest BCUT2D eigenvalue weighted by molar-refractivity contribution is 0.422. The molecule has 0 bridgehead atoms. The van der Waals surface area contributed by atoms with Crippen LogP contribution in [-0.4, -0.2) is 11.5 Å². The van der Waals surface area contributed by atoms with Crippen LogP contribution in [-0.2, 0) is 0 Å². The lowest BCUT2D eigenvalue weighted by atomic mass is 10.0. The van der Waals surface area contributed by atoms with Crippen LogP contribution in [0.4, 0.5) is 0 Å². The molecular weight excluding hydrogens is 192 g/mol. The van der Waals surface area contributed by atoms with Crippen molar-refractivity contribution >= 4 is 11.3 Å². The summed E-state index contributed by atoms with van der Waals surface area (Å²) < 4.78 is 0. The highest BCUT2D eigenvalue weighted by Gasteiger charge is 2.09. The molecule has 0 aliphatic rings. The molecule has 1 N–H and O–H groups in total. The number of thiazole rings is 1. The summed E-state index contributed by atoms with van der Waals surface area (Å²) in [4.78, 5) is 4.30. The van der Waals surface area contributed by atoms with E-state index in [2.05, 4.69) is 31.1 Å². The number of aromatic nitrogens is 1. The molecule has 1 aromatic heterocycles. The van der Waals surface area contributed by atoms with Gasteiger partial charge >= 0.3 is 0 Å². The molecule has 0 saturated carbocycles. The average molecular weight is 212 g/mol. The minimum atomic E-state index is 0.399. The summed E-state index contributed by atoms with van der Waals surface area (Å²) in [7, 11) is 0. The molecule has 0 spiro atoms. The molecular formula is C11H20N2S. The van der Waals surface area contributed by atoms with E-state index in [9.17, 15) is 0 Å². The van der Waals surface area contributed by atoms with Gasteiger partial charge in [-0.15, -0.1) is 11.3 Å². The Balaban J connectivity index is 2.31. The molecule has 0 aromatic carbocycles. The third-order valence-electron chi connectivity index (χ3n) is 2.69. The van der Waals surface area contributed by atoms with Crippen molar-refractivity contribution in [3.63, 3.8) is 0 Å². The van der Waals surface area contributed by atoms with Gasteiger partial charge in [0.25, 0.3) is 0 Å². The zero-order valence-electron chi connectivity index (χ0n) is 9.29. The first-order chi connectivity index (χ1) is 6.77. The largest absolute Gasteiger partial charge is 0.308 e. The summed E-state index contributed by atoms with van der Waals surface area (Å²) in [6.07, 6.45) is 4.39. The SMILES string of the molecule is CCC(CC)CNC(C)c1nccs1. The summed E-state index contributed by atoms with van der Waals surface area (Å²) in [5.74, 6) is 0.803. The van der Waals surface area contributed by atoms with E-state index in [4.69, 9.17) is 0 Å². The number of nitrogens with zero attached hydrogens (tertiary/aromatic N) is 1. The van der Waals surface area contributed by atoms with Gasteiger partial charge in [-0.2, -0.15) is 0 Å². The van der Waals surface area contributed by atoms with Gasteiger partial charge in [0, 0.05) is 11.6 Å². The maximum Gasteiger partial charge on any atom is 0.109 e. The lowest BCUT2D eigenvalue weighted by Gasteiger charge is -2.16. The minimum absolute atomic E-state index is 0.399. The maximum atomic E-state index is 4.30. The van der Waals surface area contributed by atoms with Crippen LogP contribution in [0, 0.1) is 5.92 Å². The van der Waals surface area contributed by atoms with E-state index in [0.717, 1.165) is 12.5 Å². The Hall–Kier alpha value is -0.410. The second-order valence-electron chi connectivity index (χ2n) is 3.68. The van der Waals surface area contributed by atoms with Crippen LogP contribution in [0.1, 0.15) is 44.7 Å². The van der Waals surface area contributed by atoms with Gasteiger partial charge in [0.05, 0.1) is 6.04 Å². The molecule has 1 unspecified atom stereocenters. The van der Waals surface area contributed by atoms with Gasteiger partial charge in [-0.05, 0) is 19.4 Å². The summed E-state index contributed by atoms with van der Waals surface area (Å²) in [6, 6.07) is 0.399. The first-order valence-electron chi connectivity index (χ1n) is 5.40. The average Bonchev–Trinajstić information content (AvgIpc) is 2.72. The zero-order valence-corrected chi connectivity index (χ0v) is 10.1. The van der Waals surface area contributed by atoms with Crippen LogP contribution in [0.25, 0.3) is 0 Å². The van der Waals surface area contributed by atoms with Gasteiger partial charge in [-0.1, -0.05) is 26.7 Å². The first kappa shape index (κ1) is 11.7. The molecule has 3 heteroatoms. The number of rotatable bonds is 6. The Kier molecular flexibility index (Phi) is 5.12. The standard InChI is InChI=1S/C11H20N2S/c1-4-10(5-2)8-13-9(3)11-12-6-7-14-11/h6-7,9-10,13H,4-5,8H2,1-3H3. The molecule has 0 saturated heterocycles. The third-order valence-corrected chi connectivity index (χ3v) is 3.65. The fraction of sp³-hybridized carbons (Fsp3) is 0.727. The van der Waals surface area contributed by atoms with Gasteiger partial charge in [-0.25, -0.2) is 4.98 Å². The first-order valence-corrected chi connectivity index (χ1v) is 6.28. The van der Waals surface area contributed by atoms with E-state index in [-0.39, 0.29) is 0 Å². The Bertz CT molecular complexity index is 229. The smallest absolute Gasteiger partial charge is 0.109 e. The van der Waals surface area contributed by atoms with Crippen molar-refractivity contribution in [1.82, 2.24) is 10.3 Å². The molecule has 0 aliphatic heterocycles. The van der Waals surface area contributed by atoms with E-state index in [0.29, 0.717) is 6.04 Å². The van der Waals surface area contributed by atoms with Crippen molar-refractivity contribution in [3.8, 4) is 0 Å². The molecule has 14 heavy (non-hydrogen) atoms. The van der Waals surface area contributed by atoms with Gasteiger partial charge in [0.15, 0.2) is 0 Å². The predicted octanol–water partition coefficient (Wildman–Crippen LogP) is 3.23. The van der Waals surface area contributed by atoms with Gasteiger partial charge in [0.1, 0.15) is 5.01 Å². The molecule has 1 heterocycles. The van der Waals surface area contributed by atoms with E-state index < -0.39 is 0 Å². The van der Waals surface area contributed by atoms with Gasteiger partial charge in [-0.3, -0.25) is 0 Å². The van der Waals surface area contributed by atoms with Gasteiger partial charge in [0.2, 0.25) is 0 Å². The van der Waals surface area contributed by atoms with Crippen molar-refractivity contribution in [3.05, 3.63) is 16.6 Å². The Morgan fingerprint density at radius 2 is 2.14 bits per heavy atom. The van der Waals surface area contributed by atoms with Crippen LogP contribution in [0.15, 0.2) is 11.6 Å². The van der Waals surface area contributed by atoms with Crippen molar-refractivity contribution in [2.24, 2.45) is 5.92 Å². The molecule has 80 valence electrons. The number of hydrogen-bond acceptors (Lipinski definition) is 3. The Morgan fingerprint density at radius 3 is 2.64 bits per heavy atom. The molecule has 0 radical (unpaired) electrons. The summed E-state index contributed by atoms with van der Waals surface area (Å²) in [5, 5.41) is 6.76. The molecule has 0 fully saturated rings. The predicted molar refractivity (Wildman–Crippen MR) is 62.6 cm³/mol. The maximum absolute atomic E-state index is 4.30. The highest BCUT2D eigenvalue weighted by atomic mass is 32.1. The van der Waals surface area contributed by atoms with E-state index in [1.54, 1.807) is 11.3 Å². The van der Waals surface area contributed by atoms with Crippen LogP contribution >= 0.6 is 11.3 Å². The normalized spacial score (nSPS) is 13.4. The quantitative estimate of drug-likeness (QED) is 0.783. The summed E-state index contributed by atoms with van der Waals surface area (Å²) >= 11 is 1.72. The highest BCUT2D eigenvalue weighted by Crippen LogP contribution is 2.15. The monoisotopic (exact) mass is 212 g/mol. The molecule has 0 aliphatic carbocycles. The second-order valence-corrected chi connectivity index (χ2v) is 4.61. The second kappa shape index (κ2) is 6.14. The van der Waals surface area contributed by atoms with Crippen LogP contribution in [0.5, 0.6) is 0 Å². The van der Waals surface area contributed by atoms with Gasteiger partial charge < -0.3 is 5.32 Å². The third kappa shape index (κ3) is 3.39. The van der Waals surface area contributed by atoms with E-state index in [1.165, 1.54) is 17.8 Å². The molecule has 0 amide bonds.